The third-order valence-corrected chi connectivity index (χ3v) is 7.00. The first-order valence-electron chi connectivity index (χ1n) is 10.8. The minimum atomic E-state index is -0.656. The third kappa shape index (κ3) is 4.38. The van der Waals surface area contributed by atoms with Gasteiger partial charge < -0.3 is 9.80 Å². The van der Waals surface area contributed by atoms with Crippen molar-refractivity contribution in [3.05, 3.63) is 76.2 Å². The van der Waals surface area contributed by atoms with Gasteiger partial charge in [0.2, 0.25) is 0 Å². The minimum absolute atomic E-state index is 0.0208. The van der Waals surface area contributed by atoms with E-state index in [1.54, 1.807) is 40.7 Å². The predicted octanol–water partition coefficient (Wildman–Crippen LogP) is 3.37. The Balaban J connectivity index is 1.17. The maximum absolute atomic E-state index is 14.2. The molecule has 3 heterocycles. The van der Waals surface area contributed by atoms with Gasteiger partial charge in [0, 0.05) is 74.1 Å². The van der Waals surface area contributed by atoms with Crippen LogP contribution in [0.2, 0.25) is 0 Å². The maximum Gasteiger partial charge on any atom is 0.282 e. The van der Waals surface area contributed by atoms with Crippen molar-refractivity contribution in [3.8, 4) is 11.1 Å². The summed E-state index contributed by atoms with van der Waals surface area (Å²) in [5.74, 6) is -1.42. The van der Waals surface area contributed by atoms with Crippen molar-refractivity contribution in [2.24, 2.45) is 0 Å². The number of halogens is 2. The van der Waals surface area contributed by atoms with Crippen LogP contribution in [-0.2, 0) is 0 Å². The number of thiazole rings is 1. The Kier molecular flexibility index (Phi) is 5.90. The summed E-state index contributed by atoms with van der Waals surface area (Å²) >= 11 is 1.35. The Morgan fingerprint density at radius 3 is 2.42 bits per heavy atom. The van der Waals surface area contributed by atoms with Gasteiger partial charge in [-0.25, -0.2) is 13.8 Å². The number of carbonyl (C=O) groups is 2. The van der Waals surface area contributed by atoms with Crippen molar-refractivity contribution in [1.29, 1.82) is 0 Å². The first-order valence-corrected chi connectivity index (χ1v) is 11.6. The fourth-order valence-electron chi connectivity index (χ4n) is 4.33. The van der Waals surface area contributed by atoms with Crippen molar-refractivity contribution >= 4 is 23.2 Å². The first kappa shape index (κ1) is 21.7. The molecule has 0 atom stereocenters. The van der Waals surface area contributed by atoms with Crippen LogP contribution in [0.3, 0.4) is 0 Å². The van der Waals surface area contributed by atoms with E-state index in [9.17, 15) is 18.4 Å². The highest BCUT2D eigenvalue weighted by molar-refractivity contribution is 7.11. The number of likely N-dealkylation sites (tertiary alicyclic amines) is 1. The lowest BCUT2D eigenvalue weighted by atomic mass is 10.00. The van der Waals surface area contributed by atoms with Crippen LogP contribution >= 0.6 is 11.3 Å². The van der Waals surface area contributed by atoms with E-state index in [-0.39, 0.29) is 23.4 Å². The number of benzene rings is 2. The Bertz CT molecular complexity index is 1170. The molecule has 0 spiro atoms. The molecule has 2 aromatic carbocycles. The van der Waals surface area contributed by atoms with Gasteiger partial charge in [0.25, 0.3) is 11.8 Å². The highest BCUT2D eigenvalue weighted by Crippen LogP contribution is 2.26. The molecule has 2 amide bonds. The van der Waals surface area contributed by atoms with Gasteiger partial charge in [0.15, 0.2) is 5.01 Å². The Morgan fingerprint density at radius 2 is 1.73 bits per heavy atom. The normalized spacial score (nSPS) is 17.2. The fraction of sp³-hybridized carbons (Fsp3) is 0.292. The largest absolute Gasteiger partial charge is 0.335 e. The average molecular weight is 469 g/mol. The van der Waals surface area contributed by atoms with Crippen molar-refractivity contribution in [3.63, 3.8) is 0 Å². The van der Waals surface area contributed by atoms with E-state index in [0.29, 0.717) is 42.3 Å². The molecule has 5 rings (SSSR count). The summed E-state index contributed by atoms with van der Waals surface area (Å²) in [6.45, 7) is 4.07. The summed E-state index contributed by atoms with van der Waals surface area (Å²) in [5.41, 5.74) is 1.28. The number of hydrogen-bond acceptors (Lipinski definition) is 5. The van der Waals surface area contributed by atoms with E-state index in [1.807, 2.05) is 4.90 Å². The van der Waals surface area contributed by atoms with Crippen LogP contribution in [0.5, 0.6) is 0 Å². The van der Waals surface area contributed by atoms with Gasteiger partial charge in [-0.15, -0.1) is 11.3 Å². The van der Waals surface area contributed by atoms with Crippen molar-refractivity contribution < 1.29 is 18.4 Å². The van der Waals surface area contributed by atoms with Gasteiger partial charge in [0.05, 0.1) is 0 Å². The molecule has 1 aromatic heterocycles. The van der Waals surface area contributed by atoms with Gasteiger partial charge >= 0.3 is 0 Å². The third-order valence-electron chi connectivity index (χ3n) is 6.23. The number of piperazine rings is 1. The smallest absolute Gasteiger partial charge is 0.282 e. The Labute approximate surface area is 194 Å². The lowest BCUT2D eigenvalue weighted by Crippen LogP contribution is -2.64. The quantitative estimate of drug-likeness (QED) is 0.589. The summed E-state index contributed by atoms with van der Waals surface area (Å²) in [7, 11) is 0. The molecule has 0 saturated carbocycles. The summed E-state index contributed by atoms with van der Waals surface area (Å²) in [6, 6.07) is 10.5. The molecule has 3 aromatic rings. The Hall–Kier alpha value is -3.17. The van der Waals surface area contributed by atoms with E-state index in [1.165, 1.54) is 23.5 Å². The maximum atomic E-state index is 14.2. The average Bonchev–Trinajstić information content (AvgIpc) is 3.33. The molecule has 0 N–H and O–H groups in total. The van der Waals surface area contributed by atoms with Crippen LogP contribution in [0.1, 0.15) is 20.2 Å². The minimum Gasteiger partial charge on any atom is -0.335 e. The number of rotatable bonds is 4. The van der Waals surface area contributed by atoms with Gasteiger partial charge in [0.1, 0.15) is 11.6 Å². The number of amides is 2. The highest BCUT2D eigenvalue weighted by atomic mass is 32.1. The number of aromatic nitrogens is 1. The topological polar surface area (TPSA) is 56.8 Å². The summed E-state index contributed by atoms with van der Waals surface area (Å²) < 4.78 is 27.4. The molecule has 9 heteroatoms. The molecule has 2 aliphatic rings. The molecule has 2 saturated heterocycles. The van der Waals surface area contributed by atoms with Crippen molar-refractivity contribution in [2.45, 2.75) is 6.04 Å². The molecule has 0 aliphatic carbocycles. The Morgan fingerprint density at radius 1 is 0.939 bits per heavy atom. The van der Waals surface area contributed by atoms with Gasteiger partial charge in [-0.05, 0) is 29.8 Å². The zero-order chi connectivity index (χ0) is 22.9. The van der Waals surface area contributed by atoms with E-state index >= 15 is 0 Å². The molecule has 0 radical (unpaired) electrons. The predicted molar refractivity (Wildman–Crippen MR) is 121 cm³/mol. The molecule has 170 valence electrons. The molecule has 2 aliphatic heterocycles. The monoisotopic (exact) mass is 468 g/mol. The lowest BCUT2D eigenvalue weighted by Gasteiger charge is -2.48. The second kappa shape index (κ2) is 8.99. The molecule has 6 nitrogen and oxygen atoms in total. The van der Waals surface area contributed by atoms with Gasteiger partial charge in [-0.2, -0.15) is 0 Å². The van der Waals surface area contributed by atoms with Crippen LogP contribution in [0.25, 0.3) is 11.1 Å². The van der Waals surface area contributed by atoms with E-state index in [0.717, 1.165) is 19.2 Å². The zero-order valence-electron chi connectivity index (χ0n) is 17.8. The van der Waals surface area contributed by atoms with Crippen molar-refractivity contribution in [2.75, 3.05) is 39.3 Å². The molecule has 33 heavy (non-hydrogen) atoms. The summed E-state index contributed by atoms with van der Waals surface area (Å²) in [4.78, 5) is 35.4. The fourth-order valence-corrected chi connectivity index (χ4v) is 4.93. The van der Waals surface area contributed by atoms with E-state index < -0.39 is 11.6 Å². The number of hydrogen-bond donors (Lipinski definition) is 0. The van der Waals surface area contributed by atoms with Crippen LogP contribution in [0, 0.1) is 11.6 Å². The second-order valence-electron chi connectivity index (χ2n) is 8.23. The van der Waals surface area contributed by atoms with Gasteiger partial charge in [-0.3, -0.25) is 14.5 Å². The van der Waals surface area contributed by atoms with Crippen LogP contribution in [0.15, 0.2) is 54.0 Å². The van der Waals surface area contributed by atoms with Crippen molar-refractivity contribution in [1.82, 2.24) is 19.7 Å². The summed E-state index contributed by atoms with van der Waals surface area (Å²) in [5, 5.41) is 2.32. The molecule has 2 fully saturated rings. The molecule has 0 unspecified atom stereocenters. The molecule has 0 bridgehead atoms. The lowest BCUT2D eigenvalue weighted by molar-refractivity contribution is 0.00853. The highest BCUT2D eigenvalue weighted by Gasteiger charge is 2.37. The van der Waals surface area contributed by atoms with E-state index in [4.69, 9.17) is 0 Å². The summed E-state index contributed by atoms with van der Waals surface area (Å²) in [6.07, 6.45) is 1.64. The second-order valence-corrected chi connectivity index (χ2v) is 9.13. The first-order chi connectivity index (χ1) is 16.0. The number of carbonyl (C=O) groups excluding carboxylic acids is 2. The van der Waals surface area contributed by atoms with Crippen LogP contribution < -0.4 is 0 Å². The standard InChI is InChI=1S/C24H22F2N4O2S/c25-18-4-5-20(21(26)13-18)16-2-1-3-17(12-16)23(31)30-14-19(15-30)28-7-9-29(10-8-28)24(32)22-27-6-11-33-22/h1-6,11-13,19H,7-10,14-15H2. The molecular formula is C24H22F2N4O2S. The van der Waals surface area contributed by atoms with Crippen LogP contribution in [-0.4, -0.2) is 76.8 Å². The number of nitrogens with zero attached hydrogens (tertiary/aromatic N) is 4. The van der Waals surface area contributed by atoms with Gasteiger partial charge in [-0.1, -0.05) is 12.1 Å². The molecular weight excluding hydrogens is 446 g/mol. The SMILES string of the molecule is O=C(c1cccc(-c2ccc(F)cc2F)c1)N1CC(N2CCN(C(=O)c3nccs3)CC2)C1. The zero-order valence-corrected chi connectivity index (χ0v) is 18.6. The van der Waals surface area contributed by atoms with E-state index in [2.05, 4.69) is 9.88 Å². The van der Waals surface area contributed by atoms with Crippen LogP contribution in [0.4, 0.5) is 8.78 Å².